The second-order valence-corrected chi connectivity index (χ2v) is 4.77. The third-order valence-corrected chi connectivity index (χ3v) is 2.96. The summed E-state index contributed by atoms with van der Waals surface area (Å²) in [6.45, 7) is 4.17. The van der Waals surface area contributed by atoms with Crippen LogP contribution in [0.25, 0.3) is 0 Å². The lowest BCUT2D eigenvalue weighted by Gasteiger charge is -2.16. The summed E-state index contributed by atoms with van der Waals surface area (Å²) in [6.07, 6.45) is 2.34. The SMILES string of the molecule is CC(C)c1nccn1CC(O)c1ccc(F)cc1F. The van der Waals surface area contributed by atoms with E-state index < -0.39 is 17.7 Å². The molecule has 0 spiro atoms. The summed E-state index contributed by atoms with van der Waals surface area (Å²) < 4.78 is 28.2. The highest BCUT2D eigenvalue weighted by molar-refractivity contribution is 5.21. The van der Waals surface area contributed by atoms with Crippen LogP contribution in [0.3, 0.4) is 0 Å². The molecule has 2 aromatic rings. The van der Waals surface area contributed by atoms with Gasteiger partial charge < -0.3 is 9.67 Å². The summed E-state index contributed by atoms with van der Waals surface area (Å²) in [6, 6.07) is 3.18. The molecule has 1 atom stereocenters. The van der Waals surface area contributed by atoms with Gasteiger partial charge in [0, 0.05) is 29.9 Å². The van der Waals surface area contributed by atoms with Crippen molar-refractivity contribution in [2.45, 2.75) is 32.4 Å². The standard InChI is InChI=1S/C14H16F2N2O/c1-9(2)14-17-5-6-18(14)8-13(19)11-4-3-10(15)7-12(11)16/h3-7,9,13,19H,8H2,1-2H3. The van der Waals surface area contributed by atoms with Gasteiger partial charge in [0.2, 0.25) is 0 Å². The highest BCUT2D eigenvalue weighted by atomic mass is 19.1. The van der Waals surface area contributed by atoms with Gasteiger partial charge in [-0.15, -0.1) is 0 Å². The number of aliphatic hydroxyl groups excluding tert-OH is 1. The zero-order chi connectivity index (χ0) is 14.0. The normalized spacial score (nSPS) is 12.9. The molecule has 0 radical (unpaired) electrons. The number of nitrogens with zero attached hydrogens (tertiary/aromatic N) is 2. The van der Waals surface area contributed by atoms with Crippen LogP contribution in [-0.4, -0.2) is 14.7 Å². The van der Waals surface area contributed by atoms with Crippen molar-refractivity contribution in [3.05, 3.63) is 53.6 Å². The molecule has 1 heterocycles. The number of halogens is 2. The molecule has 0 bridgehead atoms. The van der Waals surface area contributed by atoms with Crippen molar-refractivity contribution < 1.29 is 13.9 Å². The smallest absolute Gasteiger partial charge is 0.131 e. The summed E-state index contributed by atoms with van der Waals surface area (Å²) >= 11 is 0. The van der Waals surface area contributed by atoms with Crippen LogP contribution in [0.4, 0.5) is 8.78 Å². The Kier molecular flexibility index (Phi) is 3.95. The van der Waals surface area contributed by atoms with E-state index in [4.69, 9.17) is 0 Å². The third-order valence-electron chi connectivity index (χ3n) is 2.96. The molecule has 0 aliphatic heterocycles. The van der Waals surface area contributed by atoms with Crippen LogP contribution < -0.4 is 0 Å². The molecule has 1 N–H and O–H groups in total. The van der Waals surface area contributed by atoms with Gasteiger partial charge in [0.15, 0.2) is 0 Å². The molecule has 19 heavy (non-hydrogen) atoms. The molecule has 3 nitrogen and oxygen atoms in total. The molecule has 1 aromatic carbocycles. The fourth-order valence-electron chi connectivity index (χ4n) is 2.03. The molecule has 1 unspecified atom stereocenters. The average molecular weight is 266 g/mol. The summed E-state index contributed by atoms with van der Waals surface area (Å²) in [5.41, 5.74) is 0.0878. The van der Waals surface area contributed by atoms with E-state index >= 15 is 0 Å². The van der Waals surface area contributed by atoms with Crippen molar-refractivity contribution in [3.63, 3.8) is 0 Å². The maximum atomic E-state index is 13.6. The van der Waals surface area contributed by atoms with Crippen molar-refractivity contribution in [1.82, 2.24) is 9.55 Å². The Labute approximate surface area is 110 Å². The van der Waals surface area contributed by atoms with E-state index in [1.165, 1.54) is 6.07 Å². The number of hydrogen-bond donors (Lipinski definition) is 1. The van der Waals surface area contributed by atoms with E-state index in [2.05, 4.69) is 4.98 Å². The summed E-state index contributed by atoms with van der Waals surface area (Å²) in [5, 5.41) is 10.1. The van der Waals surface area contributed by atoms with Crippen molar-refractivity contribution in [2.24, 2.45) is 0 Å². The minimum atomic E-state index is -1.03. The lowest BCUT2D eigenvalue weighted by atomic mass is 10.1. The Morgan fingerprint density at radius 1 is 1.32 bits per heavy atom. The minimum absolute atomic E-state index is 0.0878. The summed E-state index contributed by atoms with van der Waals surface area (Å²) in [4.78, 5) is 4.20. The Hall–Kier alpha value is -1.75. The number of aliphatic hydroxyl groups is 1. The van der Waals surface area contributed by atoms with E-state index in [0.29, 0.717) is 0 Å². The first-order valence-corrected chi connectivity index (χ1v) is 6.13. The number of imidazole rings is 1. The predicted octanol–water partition coefficient (Wildman–Crippen LogP) is 3.02. The predicted molar refractivity (Wildman–Crippen MR) is 67.6 cm³/mol. The molecule has 0 aliphatic rings. The van der Waals surface area contributed by atoms with E-state index in [0.717, 1.165) is 18.0 Å². The summed E-state index contributed by atoms with van der Waals surface area (Å²) in [7, 11) is 0. The monoisotopic (exact) mass is 266 g/mol. The van der Waals surface area contributed by atoms with E-state index in [1.54, 1.807) is 17.0 Å². The van der Waals surface area contributed by atoms with Gasteiger partial charge in [-0.25, -0.2) is 13.8 Å². The zero-order valence-electron chi connectivity index (χ0n) is 10.8. The Balaban J connectivity index is 2.21. The number of aromatic nitrogens is 2. The number of rotatable bonds is 4. The molecule has 0 saturated carbocycles. The van der Waals surface area contributed by atoms with Gasteiger partial charge in [0.25, 0.3) is 0 Å². The second kappa shape index (κ2) is 5.48. The molecule has 5 heteroatoms. The highest BCUT2D eigenvalue weighted by Crippen LogP contribution is 2.21. The molecular formula is C14H16F2N2O. The van der Waals surface area contributed by atoms with Crippen LogP contribution >= 0.6 is 0 Å². The van der Waals surface area contributed by atoms with Crippen molar-refractivity contribution in [3.8, 4) is 0 Å². The zero-order valence-corrected chi connectivity index (χ0v) is 10.8. The van der Waals surface area contributed by atoms with Crippen LogP contribution in [0.15, 0.2) is 30.6 Å². The van der Waals surface area contributed by atoms with Gasteiger partial charge in [-0.05, 0) is 6.07 Å². The average Bonchev–Trinajstić information content (AvgIpc) is 2.76. The van der Waals surface area contributed by atoms with Crippen LogP contribution in [0.5, 0.6) is 0 Å². The first kappa shape index (κ1) is 13.7. The molecule has 102 valence electrons. The Morgan fingerprint density at radius 3 is 2.68 bits per heavy atom. The third kappa shape index (κ3) is 2.98. The van der Waals surface area contributed by atoms with E-state index in [9.17, 15) is 13.9 Å². The van der Waals surface area contributed by atoms with Gasteiger partial charge in [-0.1, -0.05) is 19.9 Å². The fourth-order valence-corrected chi connectivity index (χ4v) is 2.03. The second-order valence-electron chi connectivity index (χ2n) is 4.77. The van der Waals surface area contributed by atoms with Crippen LogP contribution in [0.1, 0.15) is 37.3 Å². The lowest BCUT2D eigenvalue weighted by Crippen LogP contribution is -2.13. The largest absolute Gasteiger partial charge is 0.386 e. The first-order chi connectivity index (χ1) is 8.99. The molecule has 0 saturated heterocycles. The van der Waals surface area contributed by atoms with Gasteiger partial charge in [0.1, 0.15) is 17.5 Å². The Morgan fingerprint density at radius 2 is 2.05 bits per heavy atom. The van der Waals surface area contributed by atoms with E-state index in [-0.39, 0.29) is 18.0 Å². The van der Waals surface area contributed by atoms with Crippen molar-refractivity contribution in [2.75, 3.05) is 0 Å². The molecular weight excluding hydrogens is 250 g/mol. The maximum absolute atomic E-state index is 13.6. The number of hydrogen-bond acceptors (Lipinski definition) is 2. The minimum Gasteiger partial charge on any atom is -0.386 e. The van der Waals surface area contributed by atoms with E-state index in [1.807, 2.05) is 13.8 Å². The van der Waals surface area contributed by atoms with Gasteiger partial charge in [0.05, 0.1) is 12.6 Å². The number of benzene rings is 1. The van der Waals surface area contributed by atoms with Crippen molar-refractivity contribution >= 4 is 0 Å². The molecule has 0 aliphatic carbocycles. The van der Waals surface area contributed by atoms with Gasteiger partial charge >= 0.3 is 0 Å². The first-order valence-electron chi connectivity index (χ1n) is 6.13. The highest BCUT2D eigenvalue weighted by Gasteiger charge is 2.16. The quantitative estimate of drug-likeness (QED) is 0.923. The molecule has 0 fully saturated rings. The molecule has 2 rings (SSSR count). The van der Waals surface area contributed by atoms with Gasteiger partial charge in [-0.3, -0.25) is 0 Å². The van der Waals surface area contributed by atoms with Crippen LogP contribution in [0, 0.1) is 11.6 Å². The lowest BCUT2D eigenvalue weighted by molar-refractivity contribution is 0.150. The summed E-state index contributed by atoms with van der Waals surface area (Å²) in [5.74, 6) is -0.362. The Bertz CT molecular complexity index is 566. The topological polar surface area (TPSA) is 38.0 Å². The van der Waals surface area contributed by atoms with Crippen LogP contribution in [-0.2, 0) is 6.54 Å². The van der Waals surface area contributed by atoms with Crippen LogP contribution in [0.2, 0.25) is 0 Å². The molecule has 1 aromatic heterocycles. The fraction of sp³-hybridized carbons (Fsp3) is 0.357. The maximum Gasteiger partial charge on any atom is 0.131 e. The van der Waals surface area contributed by atoms with Crippen molar-refractivity contribution in [1.29, 1.82) is 0 Å². The van der Waals surface area contributed by atoms with Gasteiger partial charge in [-0.2, -0.15) is 0 Å². The molecule has 0 amide bonds.